The number of pyridine rings is 1. The molecular weight excluding hydrogens is 308 g/mol. The van der Waals surface area contributed by atoms with Gasteiger partial charge in [0.25, 0.3) is 5.56 Å². The maximum absolute atomic E-state index is 12.3. The lowest BCUT2D eigenvalue weighted by Gasteiger charge is -2.11. The second kappa shape index (κ2) is 7.61. The first-order valence-electron chi connectivity index (χ1n) is 8.35. The number of nitrogens with zero attached hydrogens (tertiary/aromatic N) is 2. The Morgan fingerprint density at radius 1 is 1.42 bits per heavy atom. The topological polar surface area (TPSA) is 100 Å². The van der Waals surface area contributed by atoms with Gasteiger partial charge in [0.1, 0.15) is 5.65 Å². The van der Waals surface area contributed by atoms with Gasteiger partial charge in [-0.25, -0.2) is 0 Å². The molecule has 0 saturated carbocycles. The van der Waals surface area contributed by atoms with Crippen molar-refractivity contribution in [3.63, 3.8) is 0 Å². The molecule has 1 unspecified atom stereocenters. The van der Waals surface area contributed by atoms with Crippen molar-refractivity contribution in [3.05, 3.63) is 27.2 Å². The SMILES string of the molecule is CCCC(O)CNC(=O)CCc1c(C)c2c(C)nn(C)c2[nH]c1=O. The first-order chi connectivity index (χ1) is 11.3. The van der Waals surface area contributed by atoms with Crippen LogP contribution >= 0.6 is 0 Å². The van der Waals surface area contributed by atoms with E-state index in [1.165, 1.54) is 0 Å². The Hall–Kier alpha value is -2.15. The molecule has 0 aliphatic rings. The van der Waals surface area contributed by atoms with Crippen molar-refractivity contribution < 1.29 is 9.90 Å². The minimum Gasteiger partial charge on any atom is -0.391 e. The fourth-order valence-electron chi connectivity index (χ4n) is 3.05. The lowest BCUT2D eigenvalue weighted by atomic mass is 10.0. The number of fused-ring (bicyclic) bond motifs is 1. The summed E-state index contributed by atoms with van der Waals surface area (Å²) in [5.74, 6) is -0.160. The number of hydrogen-bond donors (Lipinski definition) is 3. The van der Waals surface area contributed by atoms with Gasteiger partial charge in [-0.3, -0.25) is 14.3 Å². The molecule has 7 nitrogen and oxygen atoms in total. The molecular formula is C17H26N4O3. The minimum absolute atomic E-state index is 0.160. The number of carbonyl (C=O) groups excluding carboxylic acids is 1. The number of aryl methyl sites for hydroxylation is 3. The predicted molar refractivity (Wildman–Crippen MR) is 93.1 cm³/mol. The van der Waals surface area contributed by atoms with Gasteiger partial charge in [0.05, 0.1) is 11.8 Å². The highest BCUT2D eigenvalue weighted by Crippen LogP contribution is 2.21. The van der Waals surface area contributed by atoms with E-state index >= 15 is 0 Å². The second-order valence-corrected chi connectivity index (χ2v) is 6.24. The van der Waals surface area contributed by atoms with E-state index in [-0.39, 0.29) is 24.4 Å². The summed E-state index contributed by atoms with van der Waals surface area (Å²) >= 11 is 0. The number of carbonyl (C=O) groups is 1. The van der Waals surface area contributed by atoms with Crippen molar-refractivity contribution in [1.29, 1.82) is 0 Å². The Morgan fingerprint density at radius 2 is 2.12 bits per heavy atom. The van der Waals surface area contributed by atoms with Crippen LogP contribution in [-0.2, 0) is 18.3 Å². The molecule has 1 atom stereocenters. The third kappa shape index (κ3) is 3.84. The molecule has 0 aliphatic carbocycles. The average molecular weight is 334 g/mol. The quantitative estimate of drug-likeness (QED) is 0.705. The van der Waals surface area contributed by atoms with Gasteiger partial charge < -0.3 is 15.4 Å². The maximum Gasteiger partial charge on any atom is 0.253 e. The van der Waals surface area contributed by atoms with Gasteiger partial charge >= 0.3 is 0 Å². The van der Waals surface area contributed by atoms with Crippen LogP contribution in [0.4, 0.5) is 0 Å². The maximum atomic E-state index is 12.3. The number of amides is 1. The summed E-state index contributed by atoms with van der Waals surface area (Å²) in [5.41, 5.74) is 2.86. The van der Waals surface area contributed by atoms with Gasteiger partial charge in [0.2, 0.25) is 5.91 Å². The predicted octanol–water partition coefficient (Wildman–Crippen LogP) is 1.09. The monoisotopic (exact) mass is 334 g/mol. The van der Waals surface area contributed by atoms with Gasteiger partial charge in [0.15, 0.2) is 0 Å². The van der Waals surface area contributed by atoms with Crippen LogP contribution < -0.4 is 10.9 Å². The Balaban J connectivity index is 2.09. The number of aliphatic hydroxyl groups is 1. The Labute approximate surface area is 141 Å². The molecule has 0 fully saturated rings. The van der Waals surface area contributed by atoms with Crippen LogP contribution in [0, 0.1) is 13.8 Å². The summed E-state index contributed by atoms with van der Waals surface area (Å²) in [6.45, 7) is 6.03. The Kier molecular flexibility index (Phi) is 5.77. The Morgan fingerprint density at radius 3 is 2.79 bits per heavy atom. The number of hydrogen-bond acceptors (Lipinski definition) is 4. The standard InChI is InChI=1S/C17H26N4O3/c1-5-6-12(22)9-18-14(23)8-7-13-10(2)15-11(3)20-21(4)16(15)19-17(13)24/h12,22H,5-9H2,1-4H3,(H,18,23)(H,19,24). The molecule has 0 radical (unpaired) electrons. The average Bonchev–Trinajstić information content (AvgIpc) is 2.79. The fraction of sp³-hybridized carbons (Fsp3) is 0.588. The van der Waals surface area contributed by atoms with Crippen molar-refractivity contribution in [1.82, 2.24) is 20.1 Å². The van der Waals surface area contributed by atoms with Crippen molar-refractivity contribution >= 4 is 16.9 Å². The number of aromatic amines is 1. The first-order valence-corrected chi connectivity index (χ1v) is 8.35. The van der Waals surface area contributed by atoms with Crippen LogP contribution in [0.5, 0.6) is 0 Å². The largest absolute Gasteiger partial charge is 0.391 e. The van der Waals surface area contributed by atoms with Gasteiger partial charge in [-0.2, -0.15) is 5.10 Å². The first kappa shape index (κ1) is 18.2. The van der Waals surface area contributed by atoms with Gasteiger partial charge in [-0.15, -0.1) is 0 Å². The van der Waals surface area contributed by atoms with Crippen LogP contribution in [-0.4, -0.2) is 38.4 Å². The van der Waals surface area contributed by atoms with E-state index in [1.807, 2.05) is 20.8 Å². The number of rotatable bonds is 7. The van der Waals surface area contributed by atoms with E-state index in [2.05, 4.69) is 15.4 Å². The molecule has 2 heterocycles. The number of nitrogens with one attached hydrogen (secondary N) is 2. The van der Waals surface area contributed by atoms with Crippen molar-refractivity contribution in [2.75, 3.05) is 6.54 Å². The van der Waals surface area contributed by atoms with Crippen LogP contribution in [0.3, 0.4) is 0 Å². The van der Waals surface area contributed by atoms with Gasteiger partial charge in [0, 0.05) is 31.0 Å². The summed E-state index contributed by atoms with van der Waals surface area (Å²) in [6.07, 6.45) is 1.60. The van der Waals surface area contributed by atoms with Gasteiger partial charge in [-0.1, -0.05) is 13.3 Å². The molecule has 132 valence electrons. The molecule has 2 aromatic rings. The minimum atomic E-state index is -0.515. The zero-order valence-electron chi connectivity index (χ0n) is 14.8. The van der Waals surface area contributed by atoms with E-state index in [0.717, 1.165) is 23.1 Å². The van der Waals surface area contributed by atoms with Gasteiger partial charge in [-0.05, 0) is 32.3 Å². The van der Waals surface area contributed by atoms with Crippen LogP contribution in [0.25, 0.3) is 11.0 Å². The van der Waals surface area contributed by atoms with E-state index in [4.69, 9.17) is 0 Å². The van der Waals surface area contributed by atoms with Crippen molar-refractivity contribution in [2.45, 2.75) is 52.6 Å². The van der Waals surface area contributed by atoms with Crippen molar-refractivity contribution in [2.24, 2.45) is 7.05 Å². The highest BCUT2D eigenvalue weighted by atomic mass is 16.3. The molecule has 24 heavy (non-hydrogen) atoms. The van der Waals surface area contributed by atoms with Crippen LogP contribution in [0.15, 0.2) is 4.79 Å². The molecule has 2 rings (SSSR count). The number of H-pyrrole nitrogens is 1. The highest BCUT2D eigenvalue weighted by molar-refractivity contribution is 5.83. The number of aliphatic hydroxyl groups excluding tert-OH is 1. The van der Waals surface area contributed by atoms with E-state index in [0.29, 0.717) is 24.1 Å². The summed E-state index contributed by atoms with van der Waals surface area (Å²) < 4.78 is 1.66. The molecule has 0 saturated heterocycles. The lowest BCUT2D eigenvalue weighted by molar-refractivity contribution is -0.121. The third-order valence-electron chi connectivity index (χ3n) is 4.31. The third-order valence-corrected chi connectivity index (χ3v) is 4.31. The molecule has 0 aliphatic heterocycles. The molecule has 0 aromatic carbocycles. The van der Waals surface area contributed by atoms with E-state index in [9.17, 15) is 14.7 Å². The highest BCUT2D eigenvalue weighted by Gasteiger charge is 2.16. The van der Waals surface area contributed by atoms with Crippen LogP contribution in [0.2, 0.25) is 0 Å². The Bertz CT molecular complexity index is 791. The molecule has 0 spiro atoms. The molecule has 1 amide bonds. The molecule has 7 heteroatoms. The summed E-state index contributed by atoms with van der Waals surface area (Å²) in [6, 6.07) is 0. The van der Waals surface area contributed by atoms with E-state index < -0.39 is 6.10 Å². The molecule has 3 N–H and O–H groups in total. The normalized spacial score (nSPS) is 12.5. The fourth-order valence-corrected chi connectivity index (χ4v) is 3.05. The van der Waals surface area contributed by atoms with E-state index in [1.54, 1.807) is 11.7 Å². The second-order valence-electron chi connectivity index (χ2n) is 6.24. The summed E-state index contributed by atoms with van der Waals surface area (Å²) in [4.78, 5) is 27.1. The summed E-state index contributed by atoms with van der Waals surface area (Å²) in [5, 5.41) is 17.6. The lowest BCUT2D eigenvalue weighted by Crippen LogP contribution is -2.32. The molecule has 0 bridgehead atoms. The van der Waals surface area contributed by atoms with Crippen LogP contribution in [0.1, 0.15) is 43.0 Å². The summed E-state index contributed by atoms with van der Waals surface area (Å²) in [7, 11) is 1.79. The smallest absolute Gasteiger partial charge is 0.253 e. The molecule has 2 aromatic heterocycles. The van der Waals surface area contributed by atoms with Crippen molar-refractivity contribution in [3.8, 4) is 0 Å². The zero-order chi connectivity index (χ0) is 17.9. The number of aromatic nitrogens is 3. The zero-order valence-corrected chi connectivity index (χ0v) is 14.8.